The number of halogens is 1. The van der Waals surface area contributed by atoms with Crippen molar-refractivity contribution in [1.82, 2.24) is 4.90 Å². The third kappa shape index (κ3) is 4.04. The van der Waals surface area contributed by atoms with Crippen molar-refractivity contribution in [3.05, 3.63) is 41.7 Å². The second-order valence-electron chi connectivity index (χ2n) is 5.13. The largest absolute Gasteiger partial charge is 0.478 e. The van der Waals surface area contributed by atoms with E-state index in [0.29, 0.717) is 24.2 Å². The highest BCUT2D eigenvalue weighted by Crippen LogP contribution is 2.20. The molecule has 1 fully saturated rings. The number of nitrogens with zero attached hydrogens (tertiary/aromatic N) is 2. The molecule has 1 heterocycles. The van der Waals surface area contributed by atoms with Gasteiger partial charge >= 0.3 is 5.97 Å². The maximum atomic E-state index is 13.7. The summed E-state index contributed by atoms with van der Waals surface area (Å²) in [5, 5.41) is 8.99. The van der Waals surface area contributed by atoms with Gasteiger partial charge in [-0.2, -0.15) is 0 Å². The molecule has 0 bridgehead atoms. The second kappa shape index (κ2) is 7.22. The molecule has 1 N–H and O–H groups in total. The maximum Gasteiger partial charge on any atom is 0.331 e. The van der Waals surface area contributed by atoms with Crippen LogP contribution in [0.5, 0.6) is 0 Å². The fourth-order valence-corrected chi connectivity index (χ4v) is 2.50. The van der Waals surface area contributed by atoms with Crippen LogP contribution in [-0.2, 0) is 4.79 Å². The number of benzene rings is 1. The lowest BCUT2D eigenvalue weighted by molar-refractivity contribution is -0.132. The molecular formula is C16H21FN2O2. The number of aliphatic carboxylic acids is 1. The Morgan fingerprint density at radius 3 is 2.52 bits per heavy atom. The Labute approximate surface area is 124 Å². The molecular weight excluding hydrogens is 271 g/mol. The number of para-hydroxylation sites is 1. The molecule has 1 aliphatic heterocycles. The number of carbonyl (C=O) groups is 1. The van der Waals surface area contributed by atoms with E-state index in [-0.39, 0.29) is 5.82 Å². The van der Waals surface area contributed by atoms with Crippen LogP contribution < -0.4 is 4.90 Å². The molecule has 0 unspecified atom stereocenters. The Hall–Kier alpha value is -1.88. The normalized spacial score (nSPS) is 17.0. The summed E-state index contributed by atoms with van der Waals surface area (Å²) in [5.41, 5.74) is 1.10. The zero-order valence-electron chi connectivity index (χ0n) is 12.3. The first kappa shape index (κ1) is 15.5. The summed E-state index contributed by atoms with van der Waals surface area (Å²) in [7, 11) is 0. The van der Waals surface area contributed by atoms with Crippen LogP contribution in [0.15, 0.2) is 35.9 Å². The third-order valence-electron chi connectivity index (χ3n) is 3.82. The van der Waals surface area contributed by atoms with Gasteiger partial charge < -0.3 is 10.0 Å². The van der Waals surface area contributed by atoms with Crippen LogP contribution in [0.25, 0.3) is 0 Å². The van der Waals surface area contributed by atoms with Crippen molar-refractivity contribution < 1.29 is 14.3 Å². The Morgan fingerprint density at radius 2 is 1.95 bits per heavy atom. The SMILES string of the molecule is CCC(=CCN1CCN(c2ccccc2F)CC1)C(=O)O. The van der Waals surface area contributed by atoms with Crippen molar-refractivity contribution in [1.29, 1.82) is 0 Å². The zero-order valence-corrected chi connectivity index (χ0v) is 12.3. The van der Waals surface area contributed by atoms with E-state index in [1.165, 1.54) is 6.07 Å². The molecule has 2 rings (SSSR count). The van der Waals surface area contributed by atoms with Gasteiger partial charge in [-0.25, -0.2) is 9.18 Å². The first-order valence-corrected chi connectivity index (χ1v) is 7.26. The monoisotopic (exact) mass is 292 g/mol. The molecule has 0 aromatic heterocycles. The minimum Gasteiger partial charge on any atom is -0.478 e. The lowest BCUT2D eigenvalue weighted by Gasteiger charge is -2.35. The quantitative estimate of drug-likeness (QED) is 0.846. The fourth-order valence-electron chi connectivity index (χ4n) is 2.50. The van der Waals surface area contributed by atoms with Crippen LogP contribution in [-0.4, -0.2) is 48.7 Å². The minimum atomic E-state index is -0.845. The number of piperazine rings is 1. The van der Waals surface area contributed by atoms with Gasteiger partial charge in [0.2, 0.25) is 0 Å². The third-order valence-corrected chi connectivity index (χ3v) is 3.82. The standard InChI is InChI=1S/C16H21FN2O2/c1-2-13(16(20)21)7-8-18-9-11-19(12-10-18)15-6-4-3-5-14(15)17/h3-7H,2,8-12H2,1H3,(H,20,21). The molecule has 0 radical (unpaired) electrons. The predicted octanol–water partition coefficient (Wildman–Crippen LogP) is 2.37. The molecule has 5 heteroatoms. The highest BCUT2D eigenvalue weighted by Gasteiger charge is 2.18. The molecule has 1 aromatic carbocycles. The van der Waals surface area contributed by atoms with E-state index in [1.807, 2.05) is 17.9 Å². The predicted molar refractivity (Wildman–Crippen MR) is 81.1 cm³/mol. The molecule has 0 atom stereocenters. The van der Waals surface area contributed by atoms with Crippen molar-refractivity contribution >= 4 is 11.7 Å². The van der Waals surface area contributed by atoms with Gasteiger partial charge in [-0.3, -0.25) is 4.90 Å². The van der Waals surface area contributed by atoms with E-state index in [4.69, 9.17) is 5.11 Å². The van der Waals surface area contributed by atoms with Crippen molar-refractivity contribution in [2.75, 3.05) is 37.6 Å². The number of hydrogen-bond donors (Lipinski definition) is 1. The van der Waals surface area contributed by atoms with Crippen LogP contribution in [0.4, 0.5) is 10.1 Å². The van der Waals surface area contributed by atoms with Gasteiger partial charge in [0.05, 0.1) is 5.69 Å². The number of carboxylic acid groups (broad SMARTS) is 1. The molecule has 1 aliphatic rings. The Balaban J connectivity index is 1.89. The van der Waals surface area contributed by atoms with E-state index in [9.17, 15) is 9.18 Å². The molecule has 4 nitrogen and oxygen atoms in total. The van der Waals surface area contributed by atoms with Crippen molar-refractivity contribution in [3.8, 4) is 0 Å². The highest BCUT2D eigenvalue weighted by atomic mass is 19.1. The summed E-state index contributed by atoms with van der Waals surface area (Å²) in [6.07, 6.45) is 2.31. The highest BCUT2D eigenvalue weighted by molar-refractivity contribution is 5.86. The average molecular weight is 292 g/mol. The van der Waals surface area contributed by atoms with Gasteiger partial charge in [-0.1, -0.05) is 25.1 Å². The molecule has 21 heavy (non-hydrogen) atoms. The van der Waals surface area contributed by atoms with Gasteiger partial charge in [0, 0.05) is 38.3 Å². The molecule has 1 saturated heterocycles. The van der Waals surface area contributed by atoms with Gasteiger partial charge in [0.15, 0.2) is 0 Å². The summed E-state index contributed by atoms with van der Waals surface area (Å²) in [6, 6.07) is 6.81. The maximum absolute atomic E-state index is 13.7. The molecule has 0 aliphatic carbocycles. The van der Waals surface area contributed by atoms with Crippen LogP contribution in [0.3, 0.4) is 0 Å². The molecule has 114 valence electrons. The van der Waals surface area contributed by atoms with Crippen LogP contribution >= 0.6 is 0 Å². The van der Waals surface area contributed by atoms with E-state index in [0.717, 1.165) is 26.2 Å². The second-order valence-corrected chi connectivity index (χ2v) is 5.13. The number of rotatable bonds is 5. The average Bonchev–Trinajstić information content (AvgIpc) is 2.49. The topological polar surface area (TPSA) is 43.8 Å². The number of hydrogen-bond acceptors (Lipinski definition) is 3. The van der Waals surface area contributed by atoms with E-state index in [2.05, 4.69) is 4.90 Å². The van der Waals surface area contributed by atoms with Gasteiger partial charge in [0.1, 0.15) is 5.82 Å². The van der Waals surface area contributed by atoms with Crippen LogP contribution in [0.1, 0.15) is 13.3 Å². The van der Waals surface area contributed by atoms with Crippen molar-refractivity contribution in [2.45, 2.75) is 13.3 Å². The Kier molecular flexibility index (Phi) is 5.33. The van der Waals surface area contributed by atoms with Gasteiger partial charge in [-0.15, -0.1) is 0 Å². The summed E-state index contributed by atoms with van der Waals surface area (Å²) in [6.45, 7) is 5.60. The van der Waals surface area contributed by atoms with Crippen molar-refractivity contribution in [2.24, 2.45) is 0 Å². The first-order valence-electron chi connectivity index (χ1n) is 7.26. The first-order chi connectivity index (χ1) is 10.1. The lowest BCUT2D eigenvalue weighted by Crippen LogP contribution is -2.46. The number of carboxylic acids is 1. The van der Waals surface area contributed by atoms with E-state index >= 15 is 0 Å². The molecule has 0 amide bonds. The number of anilines is 1. The van der Waals surface area contributed by atoms with Gasteiger partial charge in [-0.05, 0) is 18.6 Å². The lowest BCUT2D eigenvalue weighted by atomic mass is 10.2. The van der Waals surface area contributed by atoms with E-state index < -0.39 is 5.97 Å². The smallest absolute Gasteiger partial charge is 0.331 e. The molecule has 0 saturated carbocycles. The van der Waals surface area contributed by atoms with Crippen molar-refractivity contribution in [3.63, 3.8) is 0 Å². The Bertz CT molecular complexity index is 523. The van der Waals surface area contributed by atoms with Crippen LogP contribution in [0, 0.1) is 5.82 Å². The van der Waals surface area contributed by atoms with Gasteiger partial charge in [0.25, 0.3) is 0 Å². The summed E-state index contributed by atoms with van der Waals surface area (Å²) >= 11 is 0. The zero-order chi connectivity index (χ0) is 15.2. The molecule has 1 aromatic rings. The Morgan fingerprint density at radius 1 is 1.29 bits per heavy atom. The van der Waals surface area contributed by atoms with Crippen LogP contribution in [0.2, 0.25) is 0 Å². The fraction of sp³-hybridized carbons (Fsp3) is 0.438. The summed E-state index contributed by atoms with van der Waals surface area (Å²) < 4.78 is 13.7. The summed E-state index contributed by atoms with van der Waals surface area (Å²) in [5.74, 6) is -1.03. The summed E-state index contributed by atoms with van der Waals surface area (Å²) in [4.78, 5) is 15.2. The van der Waals surface area contributed by atoms with E-state index in [1.54, 1.807) is 18.2 Å². The minimum absolute atomic E-state index is 0.190. The molecule has 0 spiro atoms.